The molecule has 0 aliphatic rings. The van der Waals surface area contributed by atoms with Gasteiger partial charge in [0, 0.05) is 24.6 Å². The second-order valence-corrected chi connectivity index (χ2v) is 4.54. The highest BCUT2D eigenvalue weighted by molar-refractivity contribution is 5.53. The van der Waals surface area contributed by atoms with Crippen molar-refractivity contribution in [3.63, 3.8) is 0 Å². The van der Waals surface area contributed by atoms with Crippen LogP contribution in [0.3, 0.4) is 0 Å². The number of hydrogen-bond donors (Lipinski definition) is 2. The number of nitrogens with two attached hydrogens (primary N) is 1. The van der Waals surface area contributed by atoms with Gasteiger partial charge in [0.2, 0.25) is 0 Å². The Balaban J connectivity index is 2.21. The zero-order chi connectivity index (χ0) is 13.0. The van der Waals surface area contributed by atoms with E-state index >= 15 is 0 Å². The lowest BCUT2D eigenvalue weighted by molar-refractivity contribution is 0.784. The van der Waals surface area contributed by atoms with Gasteiger partial charge in [0.15, 0.2) is 0 Å². The lowest BCUT2D eigenvalue weighted by Gasteiger charge is -2.20. The van der Waals surface area contributed by atoms with Crippen LogP contribution in [0.1, 0.15) is 22.7 Å². The Kier molecular flexibility index (Phi) is 3.95. The second-order valence-electron chi connectivity index (χ2n) is 4.54. The lowest BCUT2D eigenvalue weighted by Crippen LogP contribution is -2.21. The zero-order valence-electron chi connectivity index (χ0n) is 10.9. The first-order valence-corrected chi connectivity index (χ1v) is 6.14. The summed E-state index contributed by atoms with van der Waals surface area (Å²) in [6, 6.07) is 10.4. The fourth-order valence-corrected chi connectivity index (χ4v) is 2.02. The fraction of sp³-hybridized carbons (Fsp3) is 0.267. The van der Waals surface area contributed by atoms with E-state index in [9.17, 15) is 0 Å². The molecule has 1 heterocycles. The van der Waals surface area contributed by atoms with Gasteiger partial charge in [0.25, 0.3) is 0 Å². The zero-order valence-corrected chi connectivity index (χ0v) is 10.9. The van der Waals surface area contributed by atoms with Gasteiger partial charge in [-0.1, -0.05) is 23.8 Å². The summed E-state index contributed by atoms with van der Waals surface area (Å²) < 4.78 is 0. The number of benzene rings is 1. The number of nitrogens with one attached hydrogen (secondary N) is 1. The summed E-state index contributed by atoms with van der Waals surface area (Å²) in [6.45, 7) is 4.74. The molecule has 0 aliphatic heterocycles. The molecule has 0 saturated heterocycles. The molecular weight excluding hydrogens is 222 g/mol. The number of nitrogens with zero attached hydrogens (tertiary/aromatic N) is 1. The normalized spacial score (nSPS) is 12.2. The molecule has 1 aromatic heterocycles. The number of aryl methyl sites for hydroxylation is 2. The van der Waals surface area contributed by atoms with E-state index < -0.39 is 0 Å². The molecule has 18 heavy (non-hydrogen) atoms. The van der Waals surface area contributed by atoms with Crippen LogP contribution in [-0.4, -0.2) is 11.5 Å². The molecule has 0 spiro atoms. The highest BCUT2D eigenvalue weighted by Gasteiger charge is 2.10. The van der Waals surface area contributed by atoms with Crippen molar-refractivity contribution in [1.82, 2.24) is 4.98 Å². The Labute approximate surface area is 108 Å². The van der Waals surface area contributed by atoms with Crippen LogP contribution in [0.5, 0.6) is 0 Å². The third-order valence-corrected chi connectivity index (χ3v) is 3.03. The minimum Gasteiger partial charge on any atom is -0.377 e. The van der Waals surface area contributed by atoms with Crippen LogP contribution in [-0.2, 0) is 0 Å². The fourth-order valence-electron chi connectivity index (χ4n) is 2.02. The Hall–Kier alpha value is -1.87. The molecule has 1 aromatic carbocycles. The van der Waals surface area contributed by atoms with Crippen molar-refractivity contribution < 1.29 is 0 Å². The molecule has 2 rings (SSSR count). The lowest BCUT2D eigenvalue weighted by atomic mass is 10.1. The molecule has 0 aliphatic carbocycles. The van der Waals surface area contributed by atoms with Gasteiger partial charge < -0.3 is 11.1 Å². The van der Waals surface area contributed by atoms with Crippen molar-refractivity contribution in [2.24, 2.45) is 5.73 Å². The number of pyridine rings is 1. The average Bonchev–Trinajstić information content (AvgIpc) is 2.39. The molecule has 3 nitrogen and oxygen atoms in total. The van der Waals surface area contributed by atoms with E-state index in [2.05, 4.69) is 42.3 Å². The van der Waals surface area contributed by atoms with Crippen LogP contribution in [0.4, 0.5) is 5.69 Å². The molecule has 0 bridgehead atoms. The predicted octanol–water partition coefficient (Wildman–Crippen LogP) is 2.81. The van der Waals surface area contributed by atoms with Gasteiger partial charge in [0.1, 0.15) is 0 Å². The van der Waals surface area contributed by atoms with Crippen molar-refractivity contribution in [2.75, 3.05) is 11.9 Å². The Morgan fingerprint density at radius 2 is 2.11 bits per heavy atom. The summed E-state index contributed by atoms with van der Waals surface area (Å²) in [5.41, 5.74) is 10.6. The SMILES string of the molecule is Cc1ccc(NC(CN)c2cccnc2)c(C)c1. The molecular formula is C15H19N3. The number of aromatic nitrogens is 1. The maximum atomic E-state index is 5.84. The first-order valence-electron chi connectivity index (χ1n) is 6.14. The standard InChI is InChI=1S/C15H19N3/c1-11-5-6-14(12(2)8-11)18-15(9-16)13-4-3-7-17-10-13/h3-8,10,15,18H,9,16H2,1-2H3. The van der Waals surface area contributed by atoms with Gasteiger partial charge in [-0.05, 0) is 37.1 Å². The van der Waals surface area contributed by atoms with Crippen molar-refractivity contribution in [2.45, 2.75) is 19.9 Å². The topological polar surface area (TPSA) is 50.9 Å². The van der Waals surface area contributed by atoms with E-state index in [0.29, 0.717) is 6.54 Å². The van der Waals surface area contributed by atoms with Crippen molar-refractivity contribution >= 4 is 5.69 Å². The molecule has 3 N–H and O–H groups in total. The van der Waals surface area contributed by atoms with Crippen LogP contribution in [0.2, 0.25) is 0 Å². The van der Waals surface area contributed by atoms with E-state index in [-0.39, 0.29) is 6.04 Å². The highest BCUT2D eigenvalue weighted by atomic mass is 14.9. The van der Waals surface area contributed by atoms with Crippen LogP contribution in [0.15, 0.2) is 42.7 Å². The third kappa shape index (κ3) is 2.87. The summed E-state index contributed by atoms with van der Waals surface area (Å²) >= 11 is 0. The maximum absolute atomic E-state index is 5.84. The van der Waals surface area contributed by atoms with Gasteiger partial charge >= 0.3 is 0 Å². The van der Waals surface area contributed by atoms with E-state index in [1.165, 1.54) is 11.1 Å². The number of anilines is 1. The molecule has 1 atom stereocenters. The Bertz CT molecular complexity index is 508. The van der Waals surface area contributed by atoms with Crippen LogP contribution in [0, 0.1) is 13.8 Å². The first kappa shape index (κ1) is 12.6. The van der Waals surface area contributed by atoms with Gasteiger partial charge in [-0.2, -0.15) is 0 Å². The smallest absolute Gasteiger partial charge is 0.0651 e. The molecule has 0 saturated carbocycles. The second kappa shape index (κ2) is 5.65. The van der Waals surface area contributed by atoms with Gasteiger partial charge in [0.05, 0.1) is 6.04 Å². The Morgan fingerprint density at radius 1 is 1.28 bits per heavy atom. The van der Waals surface area contributed by atoms with Crippen molar-refractivity contribution in [3.8, 4) is 0 Å². The van der Waals surface area contributed by atoms with E-state index in [0.717, 1.165) is 11.3 Å². The minimum atomic E-state index is 0.0973. The number of hydrogen-bond acceptors (Lipinski definition) is 3. The summed E-state index contributed by atoms with van der Waals surface area (Å²) in [5.74, 6) is 0. The summed E-state index contributed by atoms with van der Waals surface area (Å²) in [5, 5.41) is 3.48. The largest absolute Gasteiger partial charge is 0.377 e. The minimum absolute atomic E-state index is 0.0973. The molecule has 94 valence electrons. The predicted molar refractivity (Wildman–Crippen MR) is 75.6 cm³/mol. The van der Waals surface area contributed by atoms with E-state index in [1.54, 1.807) is 6.20 Å². The van der Waals surface area contributed by atoms with Gasteiger partial charge in [-0.25, -0.2) is 0 Å². The molecule has 0 amide bonds. The summed E-state index contributed by atoms with van der Waals surface area (Å²) in [6.07, 6.45) is 3.63. The van der Waals surface area contributed by atoms with Crippen LogP contribution < -0.4 is 11.1 Å². The van der Waals surface area contributed by atoms with Gasteiger partial charge in [-0.3, -0.25) is 4.98 Å². The molecule has 0 fully saturated rings. The molecule has 3 heteroatoms. The van der Waals surface area contributed by atoms with Gasteiger partial charge in [-0.15, -0.1) is 0 Å². The van der Waals surface area contributed by atoms with Crippen molar-refractivity contribution in [3.05, 3.63) is 59.4 Å². The maximum Gasteiger partial charge on any atom is 0.0651 e. The number of rotatable bonds is 4. The molecule has 1 unspecified atom stereocenters. The van der Waals surface area contributed by atoms with E-state index in [1.807, 2.05) is 18.3 Å². The quantitative estimate of drug-likeness (QED) is 0.865. The Morgan fingerprint density at radius 3 is 2.72 bits per heavy atom. The first-order chi connectivity index (χ1) is 8.70. The summed E-state index contributed by atoms with van der Waals surface area (Å²) in [7, 11) is 0. The van der Waals surface area contributed by atoms with Crippen LogP contribution in [0.25, 0.3) is 0 Å². The summed E-state index contributed by atoms with van der Waals surface area (Å²) in [4.78, 5) is 4.14. The monoisotopic (exact) mass is 241 g/mol. The highest BCUT2D eigenvalue weighted by Crippen LogP contribution is 2.22. The average molecular weight is 241 g/mol. The van der Waals surface area contributed by atoms with Crippen LogP contribution >= 0.6 is 0 Å². The van der Waals surface area contributed by atoms with Crippen molar-refractivity contribution in [1.29, 1.82) is 0 Å². The van der Waals surface area contributed by atoms with E-state index in [4.69, 9.17) is 5.73 Å². The molecule has 0 radical (unpaired) electrons. The third-order valence-electron chi connectivity index (χ3n) is 3.03. The molecule has 2 aromatic rings.